The van der Waals surface area contributed by atoms with Gasteiger partial charge in [-0.1, -0.05) is 115 Å². The van der Waals surface area contributed by atoms with Crippen LogP contribution in [0.1, 0.15) is 22.3 Å². The monoisotopic (exact) mass is 660 g/mol. The molecule has 0 saturated carbocycles. The largest absolute Gasteiger partial charge is 0.456 e. The molecular formula is C49H28N2O. The Balaban J connectivity index is 1.21. The molecule has 1 spiro atoms. The lowest BCUT2D eigenvalue weighted by atomic mass is 9.70. The first-order valence-electron chi connectivity index (χ1n) is 17.8. The van der Waals surface area contributed by atoms with Crippen LogP contribution >= 0.6 is 0 Å². The van der Waals surface area contributed by atoms with Crippen LogP contribution in [0.15, 0.2) is 175 Å². The summed E-state index contributed by atoms with van der Waals surface area (Å²) in [6, 6.07) is 55.3. The number of aromatic nitrogens is 2. The van der Waals surface area contributed by atoms with Crippen molar-refractivity contribution >= 4 is 43.5 Å². The Bertz CT molecular complexity index is 3080. The molecule has 0 N–H and O–H groups in total. The molecule has 3 aromatic heterocycles. The normalized spacial score (nSPS) is 15.4. The lowest BCUT2D eigenvalue weighted by Gasteiger charge is -2.30. The first-order valence-corrected chi connectivity index (χ1v) is 17.8. The first-order chi connectivity index (χ1) is 25.8. The first kappa shape index (κ1) is 27.9. The molecule has 240 valence electrons. The molecule has 0 bridgehead atoms. The number of pyridine rings is 2. The van der Waals surface area contributed by atoms with Crippen molar-refractivity contribution in [3.8, 4) is 44.6 Å². The van der Waals surface area contributed by atoms with E-state index in [0.29, 0.717) is 0 Å². The summed E-state index contributed by atoms with van der Waals surface area (Å²) in [4.78, 5) is 9.60. The van der Waals surface area contributed by atoms with Gasteiger partial charge in [-0.05, 0) is 108 Å². The second-order valence-corrected chi connectivity index (χ2v) is 14.0. The highest BCUT2D eigenvalue weighted by Crippen LogP contribution is 2.63. The Labute approximate surface area is 299 Å². The van der Waals surface area contributed by atoms with Gasteiger partial charge in [-0.25, -0.2) is 0 Å². The van der Waals surface area contributed by atoms with E-state index in [9.17, 15) is 0 Å². The molecule has 2 aliphatic rings. The molecule has 0 radical (unpaired) electrons. The van der Waals surface area contributed by atoms with Gasteiger partial charge in [0, 0.05) is 40.5 Å². The van der Waals surface area contributed by atoms with Crippen molar-refractivity contribution in [3.63, 3.8) is 0 Å². The number of fused-ring (bicyclic) bond motifs is 15. The van der Waals surface area contributed by atoms with E-state index in [1.807, 2.05) is 30.7 Å². The van der Waals surface area contributed by atoms with Gasteiger partial charge in [0.1, 0.15) is 11.2 Å². The zero-order chi connectivity index (χ0) is 34.0. The van der Waals surface area contributed by atoms with Crippen molar-refractivity contribution in [1.82, 2.24) is 9.97 Å². The molecule has 52 heavy (non-hydrogen) atoms. The molecule has 0 saturated heterocycles. The molecule has 0 aliphatic heterocycles. The van der Waals surface area contributed by atoms with Gasteiger partial charge in [0.15, 0.2) is 0 Å². The van der Waals surface area contributed by atoms with Crippen LogP contribution in [0.4, 0.5) is 0 Å². The summed E-state index contributed by atoms with van der Waals surface area (Å²) in [7, 11) is 0. The molecule has 2 aliphatic carbocycles. The van der Waals surface area contributed by atoms with E-state index in [2.05, 4.69) is 145 Å². The maximum Gasteiger partial charge on any atom is 0.136 e. The quantitative estimate of drug-likeness (QED) is 0.173. The van der Waals surface area contributed by atoms with Crippen LogP contribution in [0.5, 0.6) is 0 Å². The predicted molar refractivity (Wildman–Crippen MR) is 211 cm³/mol. The third-order valence-corrected chi connectivity index (χ3v) is 11.6. The summed E-state index contributed by atoms with van der Waals surface area (Å²) >= 11 is 0. The fourth-order valence-corrected chi connectivity index (χ4v) is 9.62. The van der Waals surface area contributed by atoms with Gasteiger partial charge in [-0.2, -0.15) is 0 Å². The maximum atomic E-state index is 6.47. The molecule has 1 atom stereocenters. The third-order valence-electron chi connectivity index (χ3n) is 11.6. The van der Waals surface area contributed by atoms with Crippen molar-refractivity contribution in [3.05, 3.63) is 193 Å². The predicted octanol–water partition coefficient (Wildman–Crippen LogP) is 12.4. The summed E-state index contributed by atoms with van der Waals surface area (Å²) in [5, 5.41) is 7.16. The Morgan fingerprint density at radius 1 is 0.404 bits per heavy atom. The summed E-state index contributed by atoms with van der Waals surface area (Å²) < 4.78 is 6.47. The van der Waals surface area contributed by atoms with E-state index in [-0.39, 0.29) is 0 Å². The number of hydrogen-bond donors (Lipinski definition) is 0. The summed E-state index contributed by atoms with van der Waals surface area (Å²) in [5.41, 5.74) is 15.8. The molecule has 7 aromatic carbocycles. The molecule has 1 unspecified atom stereocenters. The number of nitrogens with zero attached hydrogens (tertiary/aromatic N) is 2. The molecule has 0 amide bonds. The van der Waals surface area contributed by atoms with E-state index < -0.39 is 5.41 Å². The van der Waals surface area contributed by atoms with Crippen LogP contribution in [-0.2, 0) is 5.41 Å². The zero-order valence-electron chi connectivity index (χ0n) is 28.0. The van der Waals surface area contributed by atoms with Crippen molar-refractivity contribution in [2.24, 2.45) is 0 Å². The number of rotatable bonds is 2. The average molecular weight is 661 g/mol. The van der Waals surface area contributed by atoms with Crippen molar-refractivity contribution < 1.29 is 4.42 Å². The Hall–Kier alpha value is -6.84. The smallest absolute Gasteiger partial charge is 0.136 e. The summed E-state index contributed by atoms with van der Waals surface area (Å²) in [6.07, 6.45) is 5.75. The van der Waals surface area contributed by atoms with Crippen LogP contribution in [0.2, 0.25) is 0 Å². The van der Waals surface area contributed by atoms with Gasteiger partial charge in [0.2, 0.25) is 0 Å². The highest BCUT2D eigenvalue weighted by molar-refractivity contribution is 6.21. The van der Waals surface area contributed by atoms with Gasteiger partial charge in [0.05, 0.1) is 11.1 Å². The molecule has 3 heterocycles. The minimum Gasteiger partial charge on any atom is -0.456 e. The second-order valence-electron chi connectivity index (χ2n) is 14.0. The van der Waals surface area contributed by atoms with E-state index in [1.165, 1.54) is 77.2 Å². The van der Waals surface area contributed by atoms with Gasteiger partial charge in [0.25, 0.3) is 0 Å². The van der Waals surface area contributed by atoms with E-state index >= 15 is 0 Å². The van der Waals surface area contributed by atoms with Crippen molar-refractivity contribution in [2.45, 2.75) is 5.41 Å². The summed E-state index contributed by atoms with van der Waals surface area (Å²) in [5.74, 6) is 0. The fourth-order valence-electron chi connectivity index (χ4n) is 9.62. The second kappa shape index (κ2) is 10.1. The number of para-hydroxylation sites is 1. The Kier molecular flexibility index (Phi) is 5.43. The standard InChI is InChI=1S/C49H28N2O/c1-3-16-35-33(14-1)46(34-15-2-4-17-36(34)47(35)30-11-9-23-50-28-30)29-21-22-37-42(25-29)49(41-19-10-24-51-48(37)41)40-18-7-5-12-31(40)38-27-45-39(26-43(38)49)32-13-6-8-20-44(32)52-45/h1-28H. The zero-order valence-corrected chi connectivity index (χ0v) is 28.0. The number of hydrogen-bond acceptors (Lipinski definition) is 3. The van der Waals surface area contributed by atoms with Crippen LogP contribution in [0.3, 0.4) is 0 Å². The Morgan fingerprint density at radius 3 is 1.83 bits per heavy atom. The molecule has 12 rings (SSSR count). The third kappa shape index (κ3) is 3.45. The molecular weight excluding hydrogens is 633 g/mol. The van der Waals surface area contributed by atoms with Crippen LogP contribution in [-0.4, -0.2) is 9.97 Å². The van der Waals surface area contributed by atoms with Gasteiger partial charge >= 0.3 is 0 Å². The fraction of sp³-hybridized carbons (Fsp3) is 0.0204. The molecule has 0 fully saturated rings. The van der Waals surface area contributed by atoms with E-state index in [1.54, 1.807) is 0 Å². The minimum absolute atomic E-state index is 0.547. The highest BCUT2D eigenvalue weighted by atomic mass is 16.3. The SMILES string of the molecule is c1cncc(-c2c3ccccc3c(-c3ccc4c(c3)C3(c5ccccc5-c5cc6oc7ccccc7c6cc53)c3cccnc3-4)c3ccccc23)c1. The van der Waals surface area contributed by atoms with E-state index in [4.69, 9.17) is 9.40 Å². The van der Waals surface area contributed by atoms with E-state index in [0.717, 1.165) is 33.2 Å². The lowest BCUT2D eigenvalue weighted by molar-refractivity contribution is 0.669. The lowest BCUT2D eigenvalue weighted by Crippen LogP contribution is -2.26. The molecule has 3 nitrogen and oxygen atoms in total. The maximum absolute atomic E-state index is 6.47. The number of furan rings is 1. The van der Waals surface area contributed by atoms with Crippen molar-refractivity contribution in [1.29, 1.82) is 0 Å². The van der Waals surface area contributed by atoms with Crippen molar-refractivity contribution in [2.75, 3.05) is 0 Å². The van der Waals surface area contributed by atoms with Gasteiger partial charge in [-0.15, -0.1) is 0 Å². The summed E-state index contributed by atoms with van der Waals surface area (Å²) in [6.45, 7) is 0. The highest BCUT2D eigenvalue weighted by Gasteiger charge is 2.52. The average Bonchev–Trinajstić information content (AvgIpc) is 3.82. The Morgan fingerprint density at radius 2 is 1.06 bits per heavy atom. The van der Waals surface area contributed by atoms with Gasteiger partial charge in [-0.3, -0.25) is 9.97 Å². The topological polar surface area (TPSA) is 38.9 Å². The molecule has 10 aromatic rings. The molecule has 3 heteroatoms. The van der Waals surface area contributed by atoms with Gasteiger partial charge < -0.3 is 4.42 Å². The number of benzene rings is 7. The van der Waals surface area contributed by atoms with Crippen LogP contribution < -0.4 is 0 Å². The minimum atomic E-state index is -0.547. The van der Waals surface area contributed by atoms with Crippen LogP contribution in [0.25, 0.3) is 88.1 Å². The van der Waals surface area contributed by atoms with Crippen LogP contribution in [0, 0.1) is 0 Å².